The summed E-state index contributed by atoms with van der Waals surface area (Å²) in [6, 6.07) is 9.27. The maximum absolute atomic E-state index is 12.9. The first kappa shape index (κ1) is 16.4. The van der Waals surface area contributed by atoms with Gasteiger partial charge in [0.2, 0.25) is 11.8 Å². The summed E-state index contributed by atoms with van der Waals surface area (Å²) in [5, 5.41) is 2.87. The molecule has 0 spiro atoms. The van der Waals surface area contributed by atoms with Crippen LogP contribution in [0.15, 0.2) is 42.6 Å². The number of benzene rings is 1. The third-order valence-electron chi connectivity index (χ3n) is 3.76. The molecule has 1 N–H and O–H groups in total. The van der Waals surface area contributed by atoms with Gasteiger partial charge in [-0.3, -0.25) is 4.79 Å². The summed E-state index contributed by atoms with van der Waals surface area (Å²) >= 11 is 0. The van der Waals surface area contributed by atoms with Gasteiger partial charge in [0.05, 0.1) is 12.5 Å². The lowest BCUT2D eigenvalue weighted by atomic mass is 10.1. The van der Waals surface area contributed by atoms with Gasteiger partial charge in [-0.05, 0) is 48.7 Å². The van der Waals surface area contributed by atoms with Crippen LogP contribution in [-0.2, 0) is 16.1 Å². The van der Waals surface area contributed by atoms with E-state index in [0.29, 0.717) is 24.6 Å². The molecule has 1 fully saturated rings. The van der Waals surface area contributed by atoms with Crippen molar-refractivity contribution in [3.05, 3.63) is 54.0 Å². The minimum Gasteiger partial charge on any atom is -0.439 e. The fraction of sp³-hybridized carbons (Fsp3) is 0.333. The van der Waals surface area contributed by atoms with Gasteiger partial charge >= 0.3 is 0 Å². The van der Waals surface area contributed by atoms with Gasteiger partial charge in [0.15, 0.2) is 0 Å². The highest BCUT2D eigenvalue weighted by atomic mass is 19.1. The molecule has 0 unspecified atom stereocenters. The zero-order valence-corrected chi connectivity index (χ0v) is 13.2. The molecule has 1 saturated heterocycles. The van der Waals surface area contributed by atoms with E-state index < -0.39 is 0 Å². The Balaban J connectivity index is 1.52. The highest BCUT2D eigenvalue weighted by Gasteiger charge is 2.18. The van der Waals surface area contributed by atoms with Crippen molar-refractivity contribution in [3.63, 3.8) is 0 Å². The van der Waals surface area contributed by atoms with Gasteiger partial charge in [-0.1, -0.05) is 0 Å². The quantitative estimate of drug-likeness (QED) is 0.883. The summed E-state index contributed by atoms with van der Waals surface area (Å²) in [6.45, 7) is 1.14. The number of hydrogen-bond donors (Lipinski definition) is 1. The lowest BCUT2D eigenvalue weighted by molar-refractivity contribution is -0.123. The minimum atomic E-state index is -0.321. The Bertz CT molecular complexity index is 685. The lowest BCUT2D eigenvalue weighted by Crippen LogP contribution is -2.26. The first-order chi connectivity index (χ1) is 11.7. The molecule has 24 heavy (non-hydrogen) atoms. The fourth-order valence-corrected chi connectivity index (χ4v) is 2.52. The van der Waals surface area contributed by atoms with Gasteiger partial charge in [-0.25, -0.2) is 9.37 Å². The van der Waals surface area contributed by atoms with Gasteiger partial charge in [-0.15, -0.1) is 0 Å². The molecule has 126 valence electrons. The molecule has 2 aromatic rings. The Kier molecular flexibility index (Phi) is 5.38. The molecule has 1 aromatic heterocycles. The largest absolute Gasteiger partial charge is 0.439 e. The van der Waals surface area contributed by atoms with Gasteiger partial charge in [0.1, 0.15) is 11.6 Å². The number of hydrogen-bond acceptors (Lipinski definition) is 4. The maximum atomic E-state index is 12.9. The van der Waals surface area contributed by atoms with Crippen molar-refractivity contribution in [2.75, 3.05) is 6.61 Å². The van der Waals surface area contributed by atoms with Gasteiger partial charge in [0.25, 0.3) is 0 Å². The highest BCUT2D eigenvalue weighted by Crippen LogP contribution is 2.20. The first-order valence-electron chi connectivity index (χ1n) is 7.96. The summed E-state index contributed by atoms with van der Waals surface area (Å²) in [7, 11) is 0. The van der Waals surface area contributed by atoms with Crippen LogP contribution < -0.4 is 10.1 Å². The van der Waals surface area contributed by atoms with E-state index in [9.17, 15) is 9.18 Å². The molecule has 0 bridgehead atoms. The summed E-state index contributed by atoms with van der Waals surface area (Å²) in [5.41, 5.74) is 0.878. The molecule has 1 aliphatic rings. The van der Waals surface area contributed by atoms with Crippen LogP contribution in [0.5, 0.6) is 11.6 Å². The van der Waals surface area contributed by atoms with Crippen molar-refractivity contribution in [1.29, 1.82) is 0 Å². The number of carbonyl (C=O) groups excluding carboxylic acids is 1. The van der Waals surface area contributed by atoms with E-state index in [0.717, 1.165) is 25.0 Å². The Morgan fingerprint density at radius 3 is 2.92 bits per heavy atom. The minimum absolute atomic E-state index is 0.0280. The van der Waals surface area contributed by atoms with Crippen molar-refractivity contribution in [3.8, 4) is 11.6 Å². The second-order valence-electron chi connectivity index (χ2n) is 5.67. The molecule has 0 radical (unpaired) electrons. The summed E-state index contributed by atoms with van der Waals surface area (Å²) in [5.74, 6) is 0.550. The second kappa shape index (κ2) is 7.88. The third-order valence-corrected chi connectivity index (χ3v) is 3.76. The van der Waals surface area contributed by atoms with E-state index in [1.165, 1.54) is 24.3 Å². The molecule has 6 heteroatoms. The average molecular weight is 330 g/mol. The third kappa shape index (κ3) is 4.76. The molecule has 3 rings (SSSR count). The molecule has 1 atom stereocenters. The Hall–Kier alpha value is -2.47. The van der Waals surface area contributed by atoms with E-state index in [2.05, 4.69) is 10.3 Å². The molecule has 1 amide bonds. The normalized spacial score (nSPS) is 16.8. The van der Waals surface area contributed by atoms with Crippen LogP contribution in [0.4, 0.5) is 4.39 Å². The highest BCUT2D eigenvalue weighted by molar-refractivity contribution is 5.76. The second-order valence-corrected chi connectivity index (χ2v) is 5.67. The van der Waals surface area contributed by atoms with Crippen molar-refractivity contribution >= 4 is 5.91 Å². The summed E-state index contributed by atoms with van der Waals surface area (Å²) in [6.07, 6.45) is 4.01. The zero-order valence-electron chi connectivity index (χ0n) is 13.2. The maximum Gasteiger partial charge on any atom is 0.222 e. The van der Waals surface area contributed by atoms with Crippen molar-refractivity contribution in [2.45, 2.75) is 31.9 Å². The number of aromatic nitrogens is 1. The topological polar surface area (TPSA) is 60.5 Å². The molecule has 1 aromatic carbocycles. The number of pyridine rings is 1. The van der Waals surface area contributed by atoms with Crippen molar-refractivity contribution in [1.82, 2.24) is 10.3 Å². The van der Waals surface area contributed by atoms with E-state index in [4.69, 9.17) is 9.47 Å². The fourth-order valence-electron chi connectivity index (χ4n) is 2.52. The number of ether oxygens (including phenoxy) is 2. The zero-order chi connectivity index (χ0) is 16.8. The molecule has 5 nitrogen and oxygen atoms in total. The van der Waals surface area contributed by atoms with Gasteiger partial charge in [0, 0.05) is 25.4 Å². The Labute approximate surface area is 139 Å². The van der Waals surface area contributed by atoms with Crippen LogP contribution in [0.25, 0.3) is 0 Å². The molecule has 1 aliphatic heterocycles. The summed E-state index contributed by atoms with van der Waals surface area (Å²) in [4.78, 5) is 16.0. The molecule has 2 heterocycles. The van der Waals surface area contributed by atoms with Crippen LogP contribution in [0, 0.1) is 5.82 Å². The Morgan fingerprint density at radius 1 is 1.33 bits per heavy atom. The van der Waals surface area contributed by atoms with E-state index in [1.807, 2.05) is 6.07 Å². The van der Waals surface area contributed by atoms with Crippen molar-refractivity contribution in [2.24, 2.45) is 0 Å². The van der Waals surface area contributed by atoms with Gasteiger partial charge in [-0.2, -0.15) is 0 Å². The van der Waals surface area contributed by atoms with Crippen LogP contribution in [0.3, 0.4) is 0 Å². The van der Waals surface area contributed by atoms with Crippen LogP contribution >= 0.6 is 0 Å². The number of carbonyl (C=O) groups is 1. The molecular weight excluding hydrogens is 311 g/mol. The first-order valence-corrected chi connectivity index (χ1v) is 7.96. The number of halogens is 1. The van der Waals surface area contributed by atoms with Gasteiger partial charge < -0.3 is 14.8 Å². The van der Waals surface area contributed by atoms with Crippen molar-refractivity contribution < 1.29 is 18.7 Å². The standard InChI is InChI=1S/C18H19FN2O3/c19-14-3-5-15(6-4-14)24-18-10-13(7-8-20-18)12-21-17(22)11-16-2-1-9-23-16/h3-8,10,16H,1-2,9,11-12H2,(H,21,22)/t16-/m0/s1. The molecular formula is C18H19FN2O3. The molecule has 0 saturated carbocycles. The predicted octanol–water partition coefficient (Wildman–Crippen LogP) is 3.20. The van der Waals surface area contributed by atoms with Crippen LogP contribution in [0.2, 0.25) is 0 Å². The van der Waals surface area contributed by atoms with E-state index >= 15 is 0 Å². The smallest absolute Gasteiger partial charge is 0.222 e. The Morgan fingerprint density at radius 2 is 2.17 bits per heavy atom. The number of amides is 1. The lowest BCUT2D eigenvalue weighted by Gasteiger charge is -2.10. The van der Waals surface area contributed by atoms with E-state index in [-0.39, 0.29) is 17.8 Å². The van der Waals surface area contributed by atoms with Crippen LogP contribution in [-0.4, -0.2) is 23.6 Å². The predicted molar refractivity (Wildman–Crippen MR) is 86.1 cm³/mol. The average Bonchev–Trinajstić information content (AvgIpc) is 3.08. The number of nitrogens with zero attached hydrogens (tertiary/aromatic N) is 1. The number of nitrogens with one attached hydrogen (secondary N) is 1. The van der Waals surface area contributed by atoms with E-state index in [1.54, 1.807) is 12.3 Å². The van der Waals surface area contributed by atoms with Crippen LogP contribution in [0.1, 0.15) is 24.8 Å². The molecule has 0 aliphatic carbocycles. The number of rotatable bonds is 6. The monoisotopic (exact) mass is 330 g/mol. The SMILES string of the molecule is O=C(C[C@@H]1CCCO1)NCc1ccnc(Oc2ccc(F)cc2)c1. The summed E-state index contributed by atoms with van der Waals surface area (Å²) < 4.78 is 23.9.